The van der Waals surface area contributed by atoms with E-state index in [1.807, 2.05) is 39.0 Å². The van der Waals surface area contributed by atoms with Gasteiger partial charge in [0.1, 0.15) is 17.9 Å². The largest absolute Gasteiger partial charge is 0.573 e. The van der Waals surface area contributed by atoms with Crippen molar-refractivity contribution >= 4 is 46.3 Å². The molecule has 228 valence electrons. The molecule has 3 heterocycles. The summed E-state index contributed by atoms with van der Waals surface area (Å²) in [6, 6.07) is 13.8. The monoisotopic (exact) mass is 624 g/mol. The van der Waals surface area contributed by atoms with E-state index < -0.39 is 12.4 Å². The fraction of sp³-hybridized carbons (Fsp3) is 0.241. The molecule has 15 heteroatoms. The normalized spacial score (nSPS) is 14.4. The minimum Gasteiger partial charge on any atom is -0.406 e. The van der Waals surface area contributed by atoms with Gasteiger partial charge < -0.3 is 10.1 Å². The molecule has 0 spiro atoms. The number of anilines is 3. The molecule has 0 unspecified atom stereocenters. The van der Waals surface area contributed by atoms with Crippen LogP contribution in [0.5, 0.6) is 5.75 Å². The number of ether oxygens (including phenoxy) is 1. The predicted octanol–water partition coefficient (Wildman–Crippen LogP) is 6.27. The molecule has 2 N–H and O–H groups in total. The van der Waals surface area contributed by atoms with Gasteiger partial charge in [0.05, 0.1) is 17.1 Å². The molecule has 2 aromatic carbocycles. The number of aromatic nitrogens is 4. The number of alkyl halides is 3. The Morgan fingerprint density at radius 1 is 1.11 bits per heavy atom. The zero-order valence-corrected chi connectivity index (χ0v) is 24.6. The summed E-state index contributed by atoms with van der Waals surface area (Å²) < 4.78 is 42.4. The minimum atomic E-state index is -4.77. The number of thioether (sulfide) groups is 1. The summed E-state index contributed by atoms with van der Waals surface area (Å²) in [7, 11) is 0. The van der Waals surface area contributed by atoms with E-state index in [1.54, 1.807) is 18.3 Å². The summed E-state index contributed by atoms with van der Waals surface area (Å²) in [5.74, 6) is 0.450. The summed E-state index contributed by atoms with van der Waals surface area (Å²) in [6.45, 7) is 6.35. The van der Waals surface area contributed by atoms with Crippen molar-refractivity contribution in [1.82, 2.24) is 19.7 Å². The average Bonchev–Trinajstić information content (AvgIpc) is 3.58. The van der Waals surface area contributed by atoms with E-state index in [0.29, 0.717) is 17.4 Å². The van der Waals surface area contributed by atoms with Gasteiger partial charge in [0.15, 0.2) is 5.17 Å². The van der Waals surface area contributed by atoms with Crippen molar-refractivity contribution in [3.63, 3.8) is 0 Å². The van der Waals surface area contributed by atoms with Crippen molar-refractivity contribution in [3.8, 4) is 11.4 Å². The summed E-state index contributed by atoms with van der Waals surface area (Å²) in [5.41, 5.74) is 3.97. The third-order valence-corrected chi connectivity index (χ3v) is 7.27. The number of carbonyl (C=O) groups excluding carboxylic acids is 2. The zero-order valence-electron chi connectivity index (χ0n) is 23.8. The van der Waals surface area contributed by atoms with Crippen LogP contribution in [0, 0.1) is 6.92 Å². The lowest BCUT2D eigenvalue weighted by Gasteiger charge is -2.22. The molecule has 0 atom stereocenters. The molecule has 2 aromatic heterocycles. The van der Waals surface area contributed by atoms with Gasteiger partial charge >= 0.3 is 12.4 Å². The van der Waals surface area contributed by atoms with Gasteiger partial charge in [0.25, 0.3) is 0 Å². The van der Waals surface area contributed by atoms with Gasteiger partial charge in [-0.25, -0.2) is 19.4 Å². The lowest BCUT2D eigenvalue weighted by Crippen LogP contribution is -2.31. The summed E-state index contributed by atoms with van der Waals surface area (Å²) >= 11 is 1.21. The standard InChI is InChI=1S/C29H27F3N8O3S/c1-17(2)22-10-4-18(3)12-23(22)40-25(41)15-44-28(40)37-27(42)36-24-11-5-19(13-33-24)14-34-26-35-16-39(38-26)20-6-8-21(9-7-20)43-29(30,31)32/h4-13,16-17H,14-15H2,1-3H3,(H,34,38)(H,33,36,42). The van der Waals surface area contributed by atoms with Crippen LogP contribution in [-0.2, 0) is 11.3 Å². The second-order valence-electron chi connectivity index (χ2n) is 10.0. The molecule has 1 aliphatic rings. The molecule has 0 bridgehead atoms. The number of hydrogen-bond donors (Lipinski definition) is 2. The number of aliphatic imine (C=N–C) groups is 1. The first-order valence-electron chi connectivity index (χ1n) is 13.4. The molecule has 11 nitrogen and oxygen atoms in total. The number of rotatable bonds is 8. The van der Waals surface area contributed by atoms with E-state index in [0.717, 1.165) is 22.4 Å². The molecule has 0 aliphatic carbocycles. The Labute approximate surface area is 254 Å². The molecular weight excluding hydrogens is 597 g/mol. The van der Waals surface area contributed by atoms with E-state index in [2.05, 4.69) is 35.4 Å². The topological polar surface area (TPSA) is 127 Å². The summed E-state index contributed by atoms with van der Waals surface area (Å²) in [6.07, 6.45) is -1.79. The van der Waals surface area contributed by atoms with Crippen molar-refractivity contribution in [1.29, 1.82) is 0 Å². The number of benzene rings is 2. The number of halogens is 3. The number of hydrogen-bond acceptors (Lipinski definition) is 8. The van der Waals surface area contributed by atoms with Crippen LogP contribution >= 0.6 is 11.8 Å². The molecule has 3 amide bonds. The smallest absolute Gasteiger partial charge is 0.406 e. The highest BCUT2D eigenvalue weighted by Gasteiger charge is 2.33. The van der Waals surface area contributed by atoms with Crippen LogP contribution in [0.2, 0.25) is 0 Å². The maximum Gasteiger partial charge on any atom is 0.573 e. The van der Waals surface area contributed by atoms with Gasteiger partial charge in [-0.3, -0.25) is 15.0 Å². The fourth-order valence-corrected chi connectivity index (χ4v) is 5.15. The van der Waals surface area contributed by atoms with Gasteiger partial charge in [-0.2, -0.15) is 4.99 Å². The minimum absolute atomic E-state index is 0.142. The second kappa shape index (κ2) is 12.8. The fourth-order valence-electron chi connectivity index (χ4n) is 4.29. The van der Waals surface area contributed by atoms with Crippen LogP contribution in [0.1, 0.15) is 36.5 Å². The average molecular weight is 625 g/mol. The van der Waals surface area contributed by atoms with Crippen LogP contribution in [0.3, 0.4) is 0 Å². The number of amides is 3. The Hall–Kier alpha value is -4.92. The van der Waals surface area contributed by atoms with Crippen molar-refractivity contribution in [2.24, 2.45) is 4.99 Å². The van der Waals surface area contributed by atoms with Crippen molar-refractivity contribution < 1.29 is 27.5 Å². The SMILES string of the molecule is Cc1ccc(C(C)C)c(N2C(=O)CSC2=NC(=O)Nc2ccc(CNc3ncn(-c4ccc(OC(F)(F)F)cc4)n3)cn2)c1. The number of amidine groups is 1. The molecule has 5 rings (SSSR count). The van der Waals surface area contributed by atoms with E-state index in [-0.39, 0.29) is 35.1 Å². The van der Waals surface area contributed by atoms with E-state index in [4.69, 9.17) is 0 Å². The van der Waals surface area contributed by atoms with Gasteiger partial charge in [0, 0.05) is 12.7 Å². The number of nitrogens with zero attached hydrogens (tertiary/aromatic N) is 6. The molecule has 4 aromatic rings. The van der Waals surface area contributed by atoms with Crippen LogP contribution in [-0.4, -0.2) is 49.0 Å². The molecule has 1 aliphatic heterocycles. The van der Waals surface area contributed by atoms with E-state index in [1.165, 1.54) is 51.9 Å². The lowest BCUT2D eigenvalue weighted by atomic mass is 9.99. The first kappa shape index (κ1) is 30.5. The Morgan fingerprint density at radius 3 is 2.57 bits per heavy atom. The lowest BCUT2D eigenvalue weighted by molar-refractivity contribution is -0.274. The first-order valence-corrected chi connectivity index (χ1v) is 14.4. The molecule has 0 saturated carbocycles. The van der Waals surface area contributed by atoms with Crippen LogP contribution in [0.15, 0.2) is 72.1 Å². The van der Waals surface area contributed by atoms with E-state index in [9.17, 15) is 22.8 Å². The number of aryl methyl sites for hydroxylation is 1. The summed E-state index contributed by atoms with van der Waals surface area (Å²) in [5, 5.41) is 10.2. The first-order chi connectivity index (χ1) is 20.9. The van der Waals surface area contributed by atoms with Gasteiger partial charge in [0.2, 0.25) is 11.9 Å². The number of urea groups is 1. The van der Waals surface area contributed by atoms with Crippen molar-refractivity contribution in [2.75, 3.05) is 21.3 Å². The number of pyridine rings is 1. The van der Waals surface area contributed by atoms with Crippen molar-refractivity contribution in [2.45, 2.75) is 39.6 Å². The Morgan fingerprint density at radius 2 is 1.89 bits per heavy atom. The van der Waals surface area contributed by atoms with E-state index >= 15 is 0 Å². The van der Waals surface area contributed by atoms with Crippen LogP contribution in [0.25, 0.3) is 5.69 Å². The zero-order chi connectivity index (χ0) is 31.4. The highest BCUT2D eigenvalue weighted by atomic mass is 32.2. The van der Waals surface area contributed by atoms with Gasteiger partial charge in [-0.05, 0) is 65.9 Å². The third-order valence-electron chi connectivity index (χ3n) is 6.35. The predicted molar refractivity (Wildman–Crippen MR) is 161 cm³/mol. The van der Waals surface area contributed by atoms with Crippen LogP contribution in [0.4, 0.5) is 35.4 Å². The van der Waals surface area contributed by atoms with Crippen molar-refractivity contribution in [3.05, 3.63) is 83.8 Å². The molecule has 1 fully saturated rings. The Kier molecular flexibility index (Phi) is 8.85. The number of nitrogens with one attached hydrogen (secondary N) is 2. The molecule has 0 radical (unpaired) electrons. The maximum absolute atomic E-state index is 12.8. The van der Waals surface area contributed by atoms with Gasteiger partial charge in [-0.1, -0.05) is 43.8 Å². The highest BCUT2D eigenvalue weighted by Crippen LogP contribution is 2.34. The summed E-state index contributed by atoms with van der Waals surface area (Å²) in [4.78, 5) is 39.6. The quantitative estimate of drug-likeness (QED) is 0.235. The molecule has 1 saturated heterocycles. The molecular formula is C29H27F3N8O3S. The number of carbonyl (C=O) groups is 2. The molecule has 44 heavy (non-hydrogen) atoms. The van der Waals surface area contributed by atoms with Gasteiger partial charge in [-0.15, -0.1) is 18.3 Å². The van der Waals surface area contributed by atoms with Crippen LogP contribution < -0.4 is 20.3 Å². The third kappa shape index (κ3) is 7.53. The highest BCUT2D eigenvalue weighted by molar-refractivity contribution is 8.15. The Balaban J connectivity index is 1.18. The maximum atomic E-state index is 12.8. The second-order valence-corrected chi connectivity index (χ2v) is 11.0. The Bertz CT molecular complexity index is 1690.